The highest BCUT2D eigenvalue weighted by atomic mass is 35.5. The Morgan fingerprint density at radius 2 is 1.76 bits per heavy atom. The number of esters is 1. The fraction of sp³-hybridized carbons (Fsp3) is 0.212. The second-order valence-electron chi connectivity index (χ2n) is 10.4. The van der Waals surface area contributed by atoms with Gasteiger partial charge >= 0.3 is 5.97 Å². The molecule has 0 unspecified atom stereocenters. The van der Waals surface area contributed by atoms with Gasteiger partial charge in [0.15, 0.2) is 5.78 Å². The molecule has 0 bridgehead atoms. The molecule has 3 aromatic carbocycles. The second kappa shape index (κ2) is 13.9. The van der Waals surface area contributed by atoms with Crippen LogP contribution in [-0.4, -0.2) is 49.1 Å². The van der Waals surface area contributed by atoms with Gasteiger partial charge in [-0.15, -0.1) is 12.4 Å². The minimum Gasteiger partial charge on any atom is -0.466 e. The number of H-pyrrole nitrogens is 1. The molecule has 2 aromatic heterocycles. The number of benzene rings is 3. The molecule has 5 aromatic rings. The maximum Gasteiger partial charge on any atom is 0.307 e. The summed E-state index contributed by atoms with van der Waals surface area (Å²) in [6.07, 6.45) is 2.08. The molecule has 0 fully saturated rings. The number of carbonyl (C=O) groups excluding carboxylic acids is 2. The highest BCUT2D eigenvalue weighted by molar-refractivity contribution is 7.93. The summed E-state index contributed by atoms with van der Waals surface area (Å²) in [5, 5.41) is 8.81. The average molecular weight is 648 g/mol. The number of nitrogens with zero attached hydrogens (tertiary/aromatic N) is 2. The monoisotopic (exact) mass is 647 g/mol. The van der Waals surface area contributed by atoms with E-state index in [1.165, 1.54) is 16.6 Å². The fourth-order valence-corrected chi connectivity index (χ4v) is 6.91. The molecule has 0 saturated heterocycles. The van der Waals surface area contributed by atoms with E-state index in [1.807, 2.05) is 19.1 Å². The molecule has 0 aliphatic heterocycles. The lowest BCUT2D eigenvalue weighted by molar-refractivity contribution is -0.142. The third-order valence-corrected chi connectivity index (χ3v) is 9.29. The van der Waals surface area contributed by atoms with E-state index < -0.39 is 16.0 Å². The predicted octanol–water partition coefficient (Wildman–Crippen LogP) is 5.69. The number of aromatic amines is 1. The minimum absolute atomic E-state index is 0. The molecule has 0 aliphatic carbocycles. The van der Waals surface area contributed by atoms with Gasteiger partial charge in [0.05, 0.1) is 24.2 Å². The number of hydrogen-bond donors (Lipinski definition) is 3. The number of ether oxygens (including phenoxy) is 1. The van der Waals surface area contributed by atoms with Crippen LogP contribution in [0.1, 0.15) is 46.9 Å². The minimum atomic E-state index is -4.20. The molecule has 0 saturated carbocycles. The number of nitrogens with one attached hydrogen (secondary N) is 2. The van der Waals surface area contributed by atoms with Crippen LogP contribution in [0.2, 0.25) is 0 Å². The van der Waals surface area contributed by atoms with Crippen molar-refractivity contribution < 1.29 is 22.7 Å². The van der Waals surface area contributed by atoms with Crippen LogP contribution in [0, 0.1) is 12.3 Å². The van der Waals surface area contributed by atoms with Crippen molar-refractivity contribution in [2.75, 3.05) is 17.5 Å². The third-order valence-electron chi connectivity index (χ3n) is 7.43. The summed E-state index contributed by atoms with van der Waals surface area (Å²) in [5.41, 5.74) is 9.56. The van der Waals surface area contributed by atoms with E-state index in [9.17, 15) is 18.0 Å². The molecule has 234 valence electrons. The summed E-state index contributed by atoms with van der Waals surface area (Å²) >= 11 is 0. The average Bonchev–Trinajstić information content (AvgIpc) is 3.34. The highest BCUT2D eigenvalue weighted by Crippen LogP contribution is 2.33. The Morgan fingerprint density at radius 3 is 2.47 bits per heavy atom. The van der Waals surface area contributed by atoms with Gasteiger partial charge in [0.2, 0.25) is 0 Å². The van der Waals surface area contributed by atoms with Crippen LogP contribution in [0.5, 0.6) is 0 Å². The van der Waals surface area contributed by atoms with Crippen LogP contribution in [0.3, 0.4) is 0 Å². The molecular formula is C33H34ClN5O5S. The number of para-hydroxylation sites is 1. The Hall–Kier alpha value is -4.74. The third kappa shape index (κ3) is 7.00. The molecule has 2 heterocycles. The smallest absolute Gasteiger partial charge is 0.307 e. The van der Waals surface area contributed by atoms with Crippen molar-refractivity contribution in [2.45, 2.75) is 38.0 Å². The van der Waals surface area contributed by atoms with E-state index in [4.69, 9.17) is 15.9 Å². The summed E-state index contributed by atoms with van der Waals surface area (Å²) < 4.78 is 34.7. The first kappa shape index (κ1) is 33.2. The number of carbonyl (C=O) groups is 2. The van der Waals surface area contributed by atoms with Crippen molar-refractivity contribution in [3.63, 3.8) is 0 Å². The molecule has 5 rings (SSSR count). The van der Waals surface area contributed by atoms with Crippen LogP contribution in [0.15, 0.2) is 83.9 Å². The number of pyridine rings is 1. The van der Waals surface area contributed by atoms with Gasteiger partial charge in [-0.25, -0.2) is 8.42 Å². The van der Waals surface area contributed by atoms with Crippen LogP contribution >= 0.6 is 12.4 Å². The molecule has 0 radical (unpaired) electrons. The summed E-state index contributed by atoms with van der Waals surface area (Å²) in [6, 6.07) is 20.7. The van der Waals surface area contributed by atoms with Gasteiger partial charge in [-0.3, -0.25) is 24.3 Å². The molecule has 12 heteroatoms. The Bertz CT molecular complexity index is 1990. The molecule has 4 N–H and O–H groups in total. The van der Waals surface area contributed by atoms with Crippen molar-refractivity contribution in [1.82, 2.24) is 9.97 Å². The number of anilines is 1. The van der Waals surface area contributed by atoms with Gasteiger partial charge < -0.3 is 15.5 Å². The number of Topliss-reactive ketones (excluding diaryl/α,β-unsaturated/α-hetero) is 1. The van der Waals surface area contributed by atoms with Crippen molar-refractivity contribution in [1.29, 1.82) is 5.41 Å². The maximum atomic E-state index is 14.2. The zero-order valence-electron chi connectivity index (χ0n) is 24.9. The van der Waals surface area contributed by atoms with Gasteiger partial charge in [0.1, 0.15) is 10.7 Å². The molecule has 0 amide bonds. The van der Waals surface area contributed by atoms with Crippen molar-refractivity contribution >= 4 is 67.5 Å². The quantitative estimate of drug-likeness (QED) is 0.0678. The zero-order valence-corrected chi connectivity index (χ0v) is 26.5. The fourth-order valence-electron chi connectivity index (χ4n) is 5.28. The van der Waals surface area contributed by atoms with Crippen molar-refractivity contribution in [3.8, 4) is 0 Å². The topological polar surface area (TPSA) is 159 Å². The van der Waals surface area contributed by atoms with Crippen LogP contribution < -0.4 is 10.0 Å². The number of hydrogen-bond acceptors (Lipinski definition) is 7. The summed E-state index contributed by atoms with van der Waals surface area (Å²) in [4.78, 5) is 33.5. The second-order valence-corrected chi connectivity index (χ2v) is 12.2. The zero-order chi connectivity index (χ0) is 31.4. The highest BCUT2D eigenvalue weighted by Gasteiger charge is 2.29. The van der Waals surface area contributed by atoms with Gasteiger partial charge in [-0.05, 0) is 56.2 Å². The predicted molar refractivity (Wildman–Crippen MR) is 178 cm³/mol. The Balaban J connectivity index is 0.00000461. The number of amidine groups is 1. The van der Waals surface area contributed by atoms with Crippen LogP contribution in [0.4, 0.5) is 5.69 Å². The SMILES string of the molecule is CCOC(=O)CCN(c1ccc2[nH]c(C)c(C(=O)CCc3ccc(C(=N)N)cc3)c2c1)S(=O)(=O)c1cccc2cccnc12.Cl. The molecule has 0 atom stereocenters. The van der Waals surface area contributed by atoms with Crippen molar-refractivity contribution in [3.05, 3.63) is 101 Å². The lowest BCUT2D eigenvalue weighted by Gasteiger charge is -2.25. The lowest BCUT2D eigenvalue weighted by atomic mass is 9.99. The number of ketones is 1. The Kier molecular flexibility index (Phi) is 10.3. The standard InChI is InChI=1S/C33H33N5O5S.ClH/c1-3-43-30(40)17-19-38(44(41,42)29-8-4-6-23-7-5-18-36-32(23)29)25-14-15-27-26(20-25)31(21(2)37-27)28(39)16-11-22-9-12-24(13-10-22)33(34)35;/h4-10,12-15,18,20,37H,3,11,16-17,19H2,1-2H3,(H3,34,35);1H. The first-order valence-corrected chi connectivity index (χ1v) is 15.6. The maximum absolute atomic E-state index is 14.2. The first-order chi connectivity index (χ1) is 21.1. The van der Waals surface area contributed by atoms with Crippen molar-refractivity contribution in [2.24, 2.45) is 5.73 Å². The van der Waals surface area contributed by atoms with Crippen LogP contribution in [-0.2, 0) is 26.0 Å². The molecule has 45 heavy (non-hydrogen) atoms. The normalized spacial score (nSPS) is 11.2. The number of nitrogens with two attached hydrogens (primary N) is 1. The molecule has 0 aliphatic rings. The molecule has 0 spiro atoms. The van der Waals surface area contributed by atoms with Gasteiger partial charge in [-0.2, -0.15) is 0 Å². The lowest BCUT2D eigenvalue weighted by Crippen LogP contribution is -2.33. The number of fused-ring (bicyclic) bond motifs is 2. The Labute approximate surface area is 267 Å². The van der Waals surface area contributed by atoms with Crippen LogP contribution in [0.25, 0.3) is 21.8 Å². The van der Waals surface area contributed by atoms with Gasteiger partial charge in [0.25, 0.3) is 10.0 Å². The summed E-state index contributed by atoms with van der Waals surface area (Å²) in [7, 11) is -4.20. The summed E-state index contributed by atoms with van der Waals surface area (Å²) in [5.74, 6) is -0.636. The number of aryl methyl sites for hydroxylation is 2. The molecular weight excluding hydrogens is 614 g/mol. The van der Waals surface area contributed by atoms with E-state index in [0.29, 0.717) is 50.7 Å². The number of halogens is 1. The molecule has 10 nitrogen and oxygen atoms in total. The van der Waals surface area contributed by atoms with E-state index in [-0.39, 0.29) is 54.9 Å². The van der Waals surface area contributed by atoms with E-state index in [1.54, 1.807) is 61.5 Å². The summed E-state index contributed by atoms with van der Waals surface area (Å²) in [6.45, 7) is 3.51. The number of aromatic nitrogens is 2. The van der Waals surface area contributed by atoms with Gasteiger partial charge in [-0.1, -0.05) is 42.5 Å². The van der Waals surface area contributed by atoms with Gasteiger partial charge in [0, 0.05) is 52.3 Å². The number of sulfonamides is 1. The van der Waals surface area contributed by atoms with E-state index in [0.717, 1.165) is 5.56 Å². The van der Waals surface area contributed by atoms with E-state index >= 15 is 0 Å². The number of rotatable bonds is 12. The number of nitrogen functional groups attached to an aromatic ring is 1. The van der Waals surface area contributed by atoms with E-state index in [2.05, 4.69) is 9.97 Å². The largest absolute Gasteiger partial charge is 0.466 e. The first-order valence-electron chi connectivity index (χ1n) is 14.2. The Morgan fingerprint density at radius 1 is 1.02 bits per heavy atom.